The average molecular weight is 437 g/mol. The zero-order valence-corrected chi connectivity index (χ0v) is 17.1. The Kier molecular flexibility index (Phi) is 7.59. The van der Waals surface area contributed by atoms with Crippen LogP contribution in [0.1, 0.15) is 6.42 Å². The van der Waals surface area contributed by atoms with Crippen LogP contribution in [0.2, 0.25) is 5.02 Å². The molecular formula is C21H23ClF2N4O2. The van der Waals surface area contributed by atoms with Crippen molar-refractivity contribution in [1.29, 1.82) is 0 Å². The number of hydrogen-bond donors (Lipinski definition) is 2. The Balaban J connectivity index is 1.34. The molecule has 0 bridgehead atoms. The number of rotatable bonds is 6. The van der Waals surface area contributed by atoms with Crippen molar-refractivity contribution < 1.29 is 18.4 Å². The lowest BCUT2D eigenvalue weighted by molar-refractivity contribution is -0.136. The van der Waals surface area contributed by atoms with Crippen molar-refractivity contribution in [3.05, 3.63) is 59.1 Å². The van der Waals surface area contributed by atoms with Crippen molar-refractivity contribution in [3.8, 4) is 0 Å². The molecule has 0 radical (unpaired) electrons. The summed E-state index contributed by atoms with van der Waals surface area (Å²) < 4.78 is 26.7. The first-order chi connectivity index (χ1) is 14.4. The van der Waals surface area contributed by atoms with Crippen LogP contribution >= 0.6 is 11.6 Å². The number of piperazine rings is 1. The minimum atomic E-state index is -1.03. The molecular weight excluding hydrogens is 414 g/mol. The highest BCUT2D eigenvalue weighted by atomic mass is 35.5. The Morgan fingerprint density at radius 1 is 0.967 bits per heavy atom. The smallest absolute Gasteiger partial charge is 0.313 e. The molecule has 2 amide bonds. The number of benzene rings is 2. The molecule has 1 saturated heterocycles. The SMILES string of the molecule is O=C(NCCCN1CCN(c2ccc(Cl)cc2)CC1)C(=O)Nc1cc(F)ccc1F. The van der Waals surface area contributed by atoms with Gasteiger partial charge in [-0.3, -0.25) is 14.5 Å². The molecule has 1 fully saturated rings. The average Bonchev–Trinajstić information content (AvgIpc) is 2.74. The molecule has 0 aromatic heterocycles. The molecule has 2 aromatic carbocycles. The predicted octanol–water partition coefficient (Wildman–Crippen LogP) is 2.89. The molecule has 0 aliphatic carbocycles. The van der Waals surface area contributed by atoms with Crippen molar-refractivity contribution >= 4 is 34.8 Å². The second kappa shape index (κ2) is 10.4. The summed E-state index contributed by atoms with van der Waals surface area (Å²) in [6.45, 7) is 4.70. The lowest BCUT2D eigenvalue weighted by atomic mass is 10.2. The lowest BCUT2D eigenvalue weighted by Gasteiger charge is -2.36. The van der Waals surface area contributed by atoms with E-state index in [1.165, 1.54) is 0 Å². The van der Waals surface area contributed by atoms with Gasteiger partial charge in [-0.05, 0) is 49.4 Å². The number of halogens is 3. The quantitative estimate of drug-likeness (QED) is 0.540. The minimum absolute atomic E-state index is 0.315. The Morgan fingerprint density at radius 2 is 1.67 bits per heavy atom. The summed E-state index contributed by atoms with van der Waals surface area (Å²) in [5, 5.41) is 5.29. The van der Waals surface area contributed by atoms with Gasteiger partial charge in [-0.2, -0.15) is 0 Å². The monoisotopic (exact) mass is 436 g/mol. The fourth-order valence-corrected chi connectivity index (χ4v) is 3.36. The summed E-state index contributed by atoms with van der Waals surface area (Å²) >= 11 is 5.93. The highest BCUT2D eigenvalue weighted by molar-refractivity contribution is 6.39. The van der Waals surface area contributed by atoms with E-state index in [4.69, 9.17) is 11.6 Å². The van der Waals surface area contributed by atoms with Crippen LogP contribution in [0.5, 0.6) is 0 Å². The molecule has 1 heterocycles. The fourth-order valence-electron chi connectivity index (χ4n) is 3.24. The van der Waals surface area contributed by atoms with E-state index < -0.39 is 23.4 Å². The molecule has 0 unspecified atom stereocenters. The third-order valence-corrected chi connectivity index (χ3v) is 5.14. The second-order valence-corrected chi connectivity index (χ2v) is 7.43. The maximum atomic E-state index is 13.5. The van der Waals surface area contributed by atoms with Gasteiger partial charge in [-0.25, -0.2) is 8.78 Å². The molecule has 1 aliphatic heterocycles. The minimum Gasteiger partial charge on any atom is -0.369 e. The van der Waals surface area contributed by atoms with E-state index in [0.717, 1.165) is 56.6 Å². The summed E-state index contributed by atoms with van der Waals surface area (Å²) in [6.07, 6.45) is 0.675. The largest absolute Gasteiger partial charge is 0.369 e. The van der Waals surface area contributed by atoms with Crippen LogP contribution in [0.15, 0.2) is 42.5 Å². The molecule has 0 saturated carbocycles. The predicted molar refractivity (Wildman–Crippen MR) is 113 cm³/mol. The molecule has 30 heavy (non-hydrogen) atoms. The highest BCUT2D eigenvalue weighted by Crippen LogP contribution is 2.19. The van der Waals surface area contributed by atoms with E-state index in [1.807, 2.05) is 24.3 Å². The van der Waals surface area contributed by atoms with Crippen LogP contribution in [0.25, 0.3) is 0 Å². The third kappa shape index (κ3) is 6.14. The van der Waals surface area contributed by atoms with E-state index in [0.29, 0.717) is 18.0 Å². The van der Waals surface area contributed by atoms with Crippen molar-refractivity contribution in [2.45, 2.75) is 6.42 Å². The van der Waals surface area contributed by atoms with Gasteiger partial charge in [0.05, 0.1) is 5.69 Å². The first kappa shape index (κ1) is 22.0. The van der Waals surface area contributed by atoms with Crippen molar-refractivity contribution in [1.82, 2.24) is 10.2 Å². The number of nitrogens with zero attached hydrogens (tertiary/aromatic N) is 2. The van der Waals surface area contributed by atoms with Crippen LogP contribution in [0.4, 0.5) is 20.2 Å². The van der Waals surface area contributed by atoms with Gasteiger partial charge < -0.3 is 15.5 Å². The van der Waals surface area contributed by atoms with Gasteiger partial charge in [-0.1, -0.05) is 11.6 Å². The topological polar surface area (TPSA) is 64.7 Å². The lowest BCUT2D eigenvalue weighted by Crippen LogP contribution is -2.47. The molecule has 1 aliphatic rings. The fraction of sp³-hybridized carbons (Fsp3) is 0.333. The maximum Gasteiger partial charge on any atom is 0.313 e. The molecule has 0 spiro atoms. The molecule has 2 aromatic rings. The molecule has 9 heteroatoms. The van der Waals surface area contributed by atoms with Gasteiger partial charge >= 0.3 is 11.8 Å². The number of anilines is 2. The van der Waals surface area contributed by atoms with E-state index >= 15 is 0 Å². The summed E-state index contributed by atoms with van der Waals surface area (Å²) in [7, 11) is 0. The first-order valence-corrected chi connectivity index (χ1v) is 10.1. The van der Waals surface area contributed by atoms with Gasteiger partial charge in [0.2, 0.25) is 0 Å². The van der Waals surface area contributed by atoms with Crippen LogP contribution in [-0.4, -0.2) is 56.0 Å². The van der Waals surface area contributed by atoms with E-state index in [-0.39, 0.29) is 5.69 Å². The summed E-state index contributed by atoms with van der Waals surface area (Å²) in [4.78, 5) is 28.3. The Bertz CT molecular complexity index is 887. The van der Waals surface area contributed by atoms with E-state index in [2.05, 4.69) is 20.4 Å². The van der Waals surface area contributed by atoms with Crippen LogP contribution in [0, 0.1) is 11.6 Å². The third-order valence-electron chi connectivity index (χ3n) is 4.88. The zero-order chi connectivity index (χ0) is 21.5. The van der Waals surface area contributed by atoms with Gasteiger partial charge in [0.15, 0.2) is 0 Å². The van der Waals surface area contributed by atoms with Gasteiger partial charge in [-0.15, -0.1) is 0 Å². The normalized spacial score (nSPS) is 14.4. The van der Waals surface area contributed by atoms with E-state index in [1.54, 1.807) is 0 Å². The molecule has 6 nitrogen and oxygen atoms in total. The number of carbonyl (C=O) groups excluding carboxylic acids is 2. The molecule has 2 N–H and O–H groups in total. The van der Waals surface area contributed by atoms with Gasteiger partial charge in [0, 0.05) is 49.5 Å². The highest BCUT2D eigenvalue weighted by Gasteiger charge is 2.18. The van der Waals surface area contributed by atoms with Crippen LogP contribution in [-0.2, 0) is 9.59 Å². The molecule has 160 valence electrons. The number of nitrogens with one attached hydrogen (secondary N) is 2. The Morgan fingerprint density at radius 3 is 2.37 bits per heavy atom. The van der Waals surface area contributed by atoms with Crippen molar-refractivity contribution in [2.24, 2.45) is 0 Å². The standard InChI is InChI=1S/C21H23ClF2N4O2/c22-15-2-5-17(6-3-15)28-12-10-27(11-13-28)9-1-8-25-20(29)21(30)26-19-14-16(23)4-7-18(19)24/h2-7,14H,1,8-13H2,(H,25,29)(H,26,30). The van der Waals surface area contributed by atoms with Gasteiger partial charge in [0.1, 0.15) is 11.6 Å². The zero-order valence-electron chi connectivity index (χ0n) is 16.3. The van der Waals surface area contributed by atoms with Crippen molar-refractivity contribution in [2.75, 3.05) is 49.5 Å². The molecule has 3 rings (SSSR count). The van der Waals surface area contributed by atoms with Crippen molar-refractivity contribution in [3.63, 3.8) is 0 Å². The summed E-state index contributed by atoms with van der Waals surface area (Å²) in [5.41, 5.74) is 0.778. The number of hydrogen-bond acceptors (Lipinski definition) is 4. The second-order valence-electron chi connectivity index (χ2n) is 6.99. The van der Waals surface area contributed by atoms with Crippen LogP contribution in [0.3, 0.4) is 0 Å². The first-order valence-electron chi connectivity index (χ1n) is 9.69. The number of carbonyl (C=O) groups is 2. The Labute approximate surface area is 178 Å². The van der Waals surface area contributed by atoms with E-state index in [9.17, 15) is 18.4 Å². The van der Waals surface area contributed by atoms with Gasteiger partial charge in [0.25, 0.3) is 0 Å². The maximum absolute atomic E-state index is 13.5. The molecule has 0 atom stereocenters. The van der Waals surface area contributed by atoms with Crippen LogP contribution < -0.4 is 15.5 Å². The Hall–Kier alpha value is -2.71. The summed E-state index contributed by atoms with van der Waals surface area (Å²) in [5.74, 6) is -3.43. The number of amides is 2. The summed E-state index contributed by atoms with van der Waals surface area (Å²) in [6, 6.07) is 10.4.